The van der Waals surface area contributed by atoms with Gasteiger partial charge in [-0.2, -0.15) is 0 Å². The molecule has 1 aliphatic rings. The minimum atomic E-state index is -4.26. The molecule has 50 heavy (non-hydrogen) atoms. The van der Waals surface area contributed by atoms with Crippen LogP contribution in [0.15, 0.2) is 64.1 Å². The number of halogens is 2. The van der Waals surface area contributed by atoms with Crippen molar-refractivity contribution in [1.29, 1.82) is 0 Å². The molecule has 15 nitrogen and oxygen atoms in total. The van der Waals surface area contributed by atoms with Crippen molar-refractivity contribution in [2.45, 2.75) is 49.6 Å². The molecule has 1 saturated heterocycles. The lowest BCUT2D eigenvalue weighted by Crippen LogP contribution is -2.66. The standard InChI is InChI=1S/C32H38Cl2N4O11S/c1-20-32(42,21-7-5-8-22(33)13-21)49-18-31(2,3)38(20)30(41)48-19-47-28(39)17-37(4)10-12-46-29(40)24-14-27(50(35,43)44)25(34)15-26(24)36-16-23-9-6-11-45-23/h5-9,11,13-15,20,36,42H,10,12,16-19H2,1-4H3,(H2,35,43,44)/t20-,32+/m0/s1. The van der Waals surface area contributed by atoms with Crippen molar-refractivity contribution in [2.75, 3.05) is 45.5 Å². The normalized spacial score (nSPS) is 18.8. The quantitative estimate of drug-likeness (QED) is 0.168. The number of likely N-dealkylation sites (N-methyl/N-ethyl adjacent to an activating group) is 1. The lowest BCUT2D eigenvalue weighted by atomic mass is 9.90. The highest BCUT2D eigenvalue weighted by Gasteiger charge is 2.53. The van der Waals surface area contributed by atoms with Gasteiger partial charge in [0, 0.05) is 17.1 Å². The van der Waals surface area contributed by atoms with E-state index in [9.17, 15) is 27.9 Å². The summed E-state index contributed by atoms with van der Waals surface area (Å²) in [4.78, 5) is 41.0. The number of carbonyl (C=O) groups is 3. The molecule has 18 heteroatoms. The Balaban J connectivity index is 1.28. The number of hydrogen-bond acceptors (Lipinski definition) is 13. The Bertz CT molecular complexity index is 1810. The van der Waals surface area contributed by atoms with E-state index in [1.54, 1.807) is 64.2 Å². The summed E-state index contributed by atoms with van der Waals surface area (Å²) < 4.78 is 50.8. The number of primary sulfonamides is 1. The molecule has 0 bridgehead atoms. The molecule has 0 aliphatic carbocycles. The van der Waals surface area contributed by atoms with Crippen LogP contribution in [0.2, 0.25) is 10.0 Å². The van der Waals surface area contributed by atoms with Crippen LogP contribution in [0.4, 0.5) is 10.5 Å². The molecule has 272 valence electrons. The van der Waals surface area contributed by atoms with Crippen LogP contribution in [-0.4, -0.2) is 93.1 Å². The number of esters is 2. The molecule has 2 heterocycles. The number of rotatable bonds is 13. The number of morpholine rings is 1. The number of carbonyl (C=O) groups excluding carboxylic acids is 3. The van der Waals surface area contributed by atoms with E-state index in [0.717, 1.165) is 6.07 Å². The van der Waals surface area contributed by atoms with Gasteiger partial charge in [0.05, 0.1) is 53.8 Å². The second kappa shape index (κ2) is 16.0. The largest absolute Gasteiger partial charge is 0.467 e. The summed E-state index contributed by atoms with van der Waals surface area (Å²) in [5, 5.41) is 19.8. The van der Waals surface area contributed by atoms with Crippen molar-refractivity contribution < 1.29 is 51.3 Å². The lowest BCUT2D eigenvalue weighted by Gasteiger charge is -2.52. The predicted octanol–water partition coefficient (Wildman–Crippen LogP) is 3.92. The Labute approximate surface area is 299 Å². The molecular formula is C32H38Cl2N4O11S. The number of ether oxygens (including phenoxy) is 4. The van der Waals surface area contributed by atoms with Crippen LogP contribution in [0.1, 0.15) is 42.5 Å². The summed E-state index contributed by atoms with van der Waals surface area (Å²) in [7, 11) is -2.70. The predicted molar refractivity (Wildman–Crippen MR) is 181 cm³/mol. The van der Waals surface area contributed by atoms with Crippen LogP contribution in [0.25, 0.3) is 0 Å². The molecule has 0 radical (unpaired) electrons. The molecule has 4 N–H and O–H groups in total. The van der Waals surface area contributed by atoms with E-state index in [1.165, 1.54) is 22.1 Å². The van der Waals surface area contributed by atoms with Crippen LogP contribution in [0, 0.1) is 0 Å². The summed E-state index contributed by atoms with van der Waals surface area (Å²) in [6, 6.07) is 11.2. The van der Waals surface area contributed by atoms with E-state index in [0.29, 0.717) is 16.3 Å². The number of sulfonamides is 1. The topological polar surface area (TPSA) is 200 Å². The number of amides is 1. The highest BCUT2D eigenvalue weighted by molar-refractivity contribution is 7.89. The third-order valence-electron chi connectivity index (χ3n) is 7.83. The Morgan fingerprint density at radius 1 is 1.12 bits per heavy atom. The molecule has 1 amide bonds. The molecule has 1 aromatic heterocycles. The third-order valence-corrected chi connectivity index (χ3v) is 9.44. The van der Waals surface area contributed by atoms with Crippen LogP contribution in [0.3, 0.4) is 0 Å². The summed E-state index contributed by atoms with van der Waals surface area (Å²) in [5.74, 6) is -2.95. The first-order chi connectivity index (χ1) is 23.4. The molecule has 3 aromatic rings. The van der Waals surface area contributed by atoms with Crippen molar-refractivity contribution in [2.24, 2.45) is 5.14 Å². The number of aliphatic hydroxyl groups is 1. The van der Waals surface area contributed by atoms with Gasteiger partial charge in [-0.3, -0.25) is 14.6 Å². The fourth-order valence-electron chi connectivity index (χ4n) is 5.23. The number of furan rings is 1. The van der Waals surface area contributed by atoms with Gasteiger partial charge < -0.3 is 33.8 Å². The maximum atomic E-state index is 13.2. The molecule has 2 atom stereocenters. The van der Waals surface area contributed by atoms with Crippen LogP contribution < -0.4 is 10.5 Å². The van der Waals surface area contributed by atoms with Crippen molar-refractivity contribution in [3.63, 3.8) is 0 Å². The fourth-order valence-corrected chi connectivity index (χ4v) is 6.52. The van der Waals surface area contributed by atoms with Crippen molar-refractivity contribution in [1.82, 2.24) is 9.80 Å². The van der Waals surface area contributed by atoms with Crippen molar-refractivity contribution in [3.8, 4) is 0 Å². The molecule has 0 saturated carbocycles. The van der Waals surface area contributed by atoms with E-state index in [-0.39, 0.29) is 49.1 Å². The monoisotopic (exact) mass is 756 g/mol. The average molecular weight is 758 g/mol. The number of nitrogens with zero attached hydrogens (tertiary/aromatic N) is 2. The minimum Gasteiger partial charge on any atom is -0.467 e. The van der Waals surface area contributed by atoms with Gasteiger partial charge in [-0.1, -0.05) is 35.3 Å². The van der Waals surface area contributed by atoms with E-state index >= 15 is 0 Å². The second-order valence-electron chi connectivity index (χ2n) is 12.1. The van der Waals surface area contributed by atoms with E-state index < -0.39 is 57.1 Å². The van der Waals surface area contributed by atoms with Crippen LogP contribution in [-0.2, 0) is 46.1 Å². The highest BCUT2D eigenvalue weighted by atomic mass is 35.5. The summed E-state index contributed by atoms with van der Waals surface area (Å²) in [5.41, 5.74) is -0.489. The zero-order valence-electron chi connectivity index (χ0n) is 27.7. The molecule has 0 unspecified atom stereocenters. The third kappa shape index (κ3) is 9.45. The average Bonchev–Trinajstić information content (AvgIpc) is 3.55. The van der Waals surface area contributed by atoms with Gasteiger partial charge in [0.2, 0.25) is 22.6 Å². The zero-order chi connectivity index (χ0) is 36.9. The fraction of sp³-hybridized carbons (Fsp3) is 0.406. The van der Waals surface area contributed by atoms with Crippen LogP contribution in [0.5, 0.6) is 0 Å². The van der Waals surface area contributed by atoms with Gasteiger partial charge in [0.15, 0.2) is 0 Å². The van der Waals surface area contributed by atoms with Gasteiger partial charge >= 0.3 is 18.0 Å². The van der Waals surface area contributed by atoms with Gasteiger partial charge in [0.25, 0.3) is 0 Å². The van der Waals surface area contributed by atoms with Crippen molar-refractivity contribution >= 4 is 56.9 Å². The molecule has 0 spiro atoms. The molecule has 4 rings (SSSR count). The first-order valence-electron chi connectivity index (χ1n) is 15.1. The molecule has 2 aromatic carbocycles. The number of nitrogens with one attached hydrogen (secondary N) is 1. The highest BCUT2D eigenvalue weighted by Crippen LogP contribution is 2.40. The van der Waals surface area contributed by atoms with Gasteiger partial charge in [-0.05, 0) is 64.2 Å². The lowest BCUT2D eigenvalue weighted by molar-refractivity contribution is -0.295. The number of benzene rings is 2. The molecule has 1 aliphatic heterocycles. The first kappa shape index (κ1) is 38.9. The molecule has 1 fully saturated rings. The second-order valence-corrected chi connectivity index (χ2v) is 14.5. The Morgan fingerprint density at radius 3 is 2.52 bits per heavy atom. The minimum absolute atomic E-state index is 0.0291. The maximum absolute atomic E-state index is 13.2. The zero-order valence-corrected chi connectivity index (χ0v) is 30.0. The van der Waals surface area contributed by atoms with Crippen molar-refractivity contribution in [3.05, 3.63) is 81.7 Å². The number of hydrogen-bond donors (Lipinski definition) is 3. The van der Waals surface area contributed by atoms with E-state index in [2.05, 4.69) is 5.32 Å². The van der Waals surface area contributed by atoms with E-state index in [1.807, 2.05) is 0 Å². The van der Waals surface area contributed by atoms with Crippen LogP contribution >= 0.6 is 23.2 Å². The first-order valence-corrected chi connectivity index (χ1v) is 17.4. The summed E-state index contributed by atoms with van der Waals surface area (Å²) in [6.45, 7) is 4.13. The summed E-state index contributed by atoms with van der Waals surface area (Å²) in [6.07, 6.45) is 0.629. The van der Waals surface area contributed by atoms with Gasteiger partial charge in [-0.25, -0.2) is 23.1 Å². The van der Waals surface area contributed by atoms with E-state index in [4.69, 9.17) is 51.7 Å². The Morgan fingerprint density at radius 2 is 1.86 bits per heavy atom. The summed E-state index contributed by atoms with van der Waals surface area (Å²) >= 11 is 12.2. The smallest absolute Gasteiger partial charge is 0.413 e. The van der Waals surface area contributed by atoms with Gasteiger partial charge in [0.1, 0.15) is 17.3 Å². The van der Waals surface area contributed by atoms with Gasteiger partial charge in [-0.15, -0.1) is 0 Å². The maximum Gasteiger partial charge on any atom is 0.413 e. The Kier molecular flexibility index (Phi) is 12.4. The SMILES string of the molecule is C[C@@H]1N(C(=O)OCOC(=O)CN(C)CCOC(=O)c2cc(S(N)(=O)=O)c(Cl)cc2NCc2ccco2)C(C)(C)CO[C@@]1(O)c1cccc(Cl)c1. The Hall–Kier alpha value is -3.90. The molecular weight excluding hydrogens is 719 g/mol. The number of nitrogens with two attached hydrogens (primary N) is 1. The number of anilines is 1.